The van der Waals surface area contributed by atoms with Gasteiger partial charge in [-0.1, -0.05) is 18.2 Å². The highest BCUT2D eigenvalue weighted by Crippen LogP contribution is 2.12. The number of nitrogens with zero attached hydrogens (tertiary/aromatic N) is 1. The molecule has 0 aromatic heterocycles. The molecule has 0 saturated carbocycles. The number of para-hydroxylation sites is 1. The fourth-order valence-corrected chi connectivity index (χ4v) is 1.35. The van der Waals surface area contributed by atoms with Crippen LogP contribution >= 0.6 is 0 Å². The van der Waals surface area contributed by atoms with Gasteiger partial charge < -0.3 is 9.64 Å². The third-order valence-corrected chi connectivity index (χ3v) is 2.08. The lowest BCUT2D eigenvalue weighted by molar-refractivity contribution is -0.145. The van der Waals surface area contributed by atoms with Crippen molar-refractivity contribution in [2.45, 2.75) is 13.8 Å². The molecular formula is C12H15NO3. The molecule has 16 heavy (non-hydrogen) atoms. The number of esters is 1. The number of ether oxygens (including phenoxy) is 1. The maximum Gasteiger partial charge on any atom is 0.303 e. The van der Waals surface area contributed by atoms with Crippen LogP contribution in [0.4, 0.5) is 5.69 Å². The van der Waals surface area contributed by atoms with Crippen molar-refractivity contribution in [2.75, 3.05) is 18.1 Å². The van der Waals surface area contributed by atoms with Gasteiger partial charge in [0.2, 0.25) is 0 Å². The van der Waals surface area contributed by atoms with Crippen LogP contribution in [0.25, 0.3) is 0 Å². The van der Waals surface area contributed by atoms with E-state index >= 15 is 0 Å². The second-order valence-electron chi connectivity index (χ2n) is 3.25. The SMILES string of the molecule is CCN(C(=O)COC(C)=O)c1ccccc1. The number of anilines is 1. The Morgan fingerprint density at radius 3 is 2.38 bits per heavy atom. The minimum Gasteiger partial charge on any atom is -0.456 e. The van der Waals surface area contributed by atoms with E-state index < -0.39 is 5.97 Å². The summed E-state index contributed by atoms with van der Waals surface area (Å²) in [6, 6.07) is 9.28. The maximum absolute atomic E-state index is 11.7. The largest absolute Gasteiger partial charge is 0.456 e. The molecule has 0 aliphatic heterocycles. The molecule has 0 aliphatic carbocycles. The summed E-state index contributed by atoms with van der Waals surface area (Å²) in [6.07, 6.45) is 0. The Labute approximate surface area is 94.8 Å². The van der Waals surface area contributed by atoms with Crippen molar-refractivity contribution in [1.82, 2.24) is 0 Å². The van der Waals surface area contributed by atoms with Crippen molar-refractivity contribution < 1.29 is 14.3 Å². The van der Waals surface area contributed by atoms with Crippen molar-refractivity contribution in [2.24, 2.45) is 0 Å². The van der Waals surface area contributed by atoms with E-state index in [4.69, 9.17) is 0 Å². The number of carbonyl (C=O) groups is 2. The maximum atomic E-state index is 11.7. The number of amides is 1. The van der Waals surface area contributed by atoms with E-state index in [1.165, 1.54) is 6.92 Å². The fraction of sp³-hybridized carbons (Fsp3) is 0.333. The molecule has 0 heterocycles. The lowest BCUT2D eigenvalue weighted by Gasteiger charge is -2.20. The summed E-state index contributed by atoms with van der Waals surface area (Å²) in [4.78, 5) is 23.9. The molecule has 0 aliphatic rings. The average molecular weight is 221 g/mol. The van der Waals surface area contributed by atoms with Crippen LogP contribution in [0.5, 0.6) is 0 Å². The second kappa shape index (κ2) is 5.90. The van der Waals surface area contributed by atoms with Gasteiger partial charge in [0.25, 0.3) is 5.91 Å². The minimum absolute atomic E-state index is 0.210. The van der Waals surface area contributed by atoms with Crippen LogP contribution in [0.2, 0.25) is 0 Å². The predicted octanol–water partition coefficient (Wildman–Crippen LogP) is 1.60. The molecule has 0 spiro atoms. The normalized spacial score (nSPS) is 9.62. The van der Waals surface area contributed by atoms with E-state index in [9.17, 15) is 9.59 Å². The molecule has 1 amide bonds. The first-order valence-electron chi connectivity index (χ1n) is 5.14. The molecule has 0 bridgehead atoms. The zero-order valence-corrected chi connectivity index (χ0v) is 9.47. The Kier molecular flexibility index (Phi) is 4.51. The molecule has 4 nitrogen and oxygen atoms in total. The van der Waals surface area contributed by atoms with Gasteiger partial charge in [0, 0.05) is 19.2 Å². The highest BCUT2D eigenvalue weighted by Gasteiger charge is 2.14. The minimum atomic E-state index is -0.447. The molecule has 0 unspecified atom stereocenters. The Morgan fingerprint density at radius 2 is 1.88 bits per heavy atom. The molecule has 0 N–H and O–H groups in total. The van der Waals surface area contributed by atoms with Crippen molar-refractivity contribution in [3.05, 3.63) is 30.3 Å². The van der Waals surface area contributed by atoms with Gasteiger partial charge >= 0.3 is 5.97 Å². The first kappa shape index (κ1) is 12.2. The van der Waals surface area contributed by atoms with Crippen LogP contribution in [0, 0.1) is 0 Å². The van der Waals surface area contributed by atoms with Crippen LogP contribution in [-0.2, 0) is 14.3 Å². The lowest BCUT2D eigenvalue weighted by atomic mass is 10.3. The standard InChI is InChI=1S/C12H15NO3/c1-3-13(11-7-5-4-6-8-11)12(15)9-16-10(2)14/h4-8H,3,9H2,1-2H3. The molecule has 0 atom stereocenters. The van der Waals surface area contributed by atoms with Gasteiger partial charge in [-0.05, 0) is 19.1 Å². The zero-order valence-electron chi connectivity index (χ0n) is 9.47. The highest BCUT2D eigenvalue weighted by atomic mass is 16.5. The molecule has 1 aromatic rings. The third kappa shape index (κ3) is 3.38. The summed E-state index contributed by atoms with van der Waals surface area (Å²) >= 11 is 0. The van der Waals surface area contributed by atoms with Crippen LogP contribution in [0.15, 0.2) is 30.3 Å². The van der Waals surface area contributed by atoms with Crippen LogP contribution in [0.1, 0.15) is 13.8 Å². The topological polar surface area (TPSA) is 46.6 Å². The van der Waals surface area contributed by atoms with Gasteiger partial charge in [-0.25, -0.2) is 0 Å². The molecule has 0 fully saturated rings. The molecular weight excluding hydrogens is 206 g/mol. The van der Waals surface area contributed by atoms with Crippen LogP contribution < -0.4 is 4.90 Å². The molecule has 4 heteroatoms. The van der Waals surface area contributed by atoms with Gasteiger partial charge in [-0.2, -0.15) is 0 Å². The summed E-state index contributed by atoms with van der Waals surface area (Å²) in [7, 11) is 0. The highest BCUT2D eigenvalue weighted by molar-refractivity contribution is 5.95. The summed E-state index contributed by atoms with van der Waals surface area (Å²) in [6.45, 7) is 3.49. The van der Waals surface area contributed by atoms with Gasteiger partial charge in [0.05, 0.1) is 0 Å². The molecule has 86 valence electrons. The van der Waals surface area contributed by atoms with Crippen molar-refractivity contribution in [3.63, 3.8) is 0 Å². The van der Waals surface area contributed by atoms with E-state index in [0.717, 1.165) is 5.69 Å². The van der Waals surface area contributed by atoms with Gasteiger partial charge in [0.1, 0.15) is 0 Å². The monoisotopic (exact) mass is 221 g/mol. The Bertz CT molecular complexity index is 362. The van der Waals surface area contributed by atoms with E-state index in [-0.39, 0.29) is 12.5 Å². The number of rotatable bonds is 4. The summed E-state index contributed by atoms with van der Waals surface area (Å²) < 4.78 is 4.68. The summed E-state index contributed by atoms with van der Waals surface area (Å²) in [5.74, 6) is -0.665. The Morgan fingerprint density at radius 1 is 1.25 bits per heavy atom. The Balaban J connectivity index is 2.68. The zero-order chi connectivity index (χ0) is 12.0. The molecule has 1 rings (SSSR count). The molecule has 0 radical (unpaired) electrons. The van der Waals surface area contributed by atoms with E-state index in [2.05, 4.69) is 4.74 Å². The number of benzene rings is 1. The summed E-state index contributed by atoms with van der Waals surface area (Å²) in [5.41, 5.74) is 0.808. The predicted molar refractivity (Wildman–Crippen MR) is 61.1 cm³/mol. The van der Waals surface area contributed by atoms with Crippen LogP contribution in [-0.4, -0.2) is 25.0 Å². The second-order valence-corrected chi connectivity index (χ2v) is 3.25. The first-order valence-corrected chi connectivity index (χ1v) is 5.14. The molecule has 0 saturated heterocycles. The van der Waals surface area contributed by atoms with E-state index in [1.807, 2.05) is 37.3 Å². The first-order chi connectivity index (χ1) is 7.65. The number of hydrogen-bond acceptors (Lipinski definition) is 3. The van der Waals surface area contributed by atoms with Gasteiger partial charge in [0.15, 0.2) is 6.61 Å². The number of likely N-dealkylation sites (N-methyl/N-ethyl adjacent to an activating group) is 1. The number of carbonyl (C=O) groups excluding carboxylic acids is 2. The van der Waals surface area contributed by atoms with Gasteiger partial charge in [-0.3, -0.25) is 9.59 Å². The summed E-state index contributed by atoms with van der Waals surface area (Å²) in [5, 5.41) is 0. The average Bonchev–Trinajstić information content (AvgIpc) is 2.29. The van der Waals surface area contributed by atoms with Crippen LogP contribution in [0.3, 0.4) is 0 Å². The van der Waals surface area contributed by atoms with Gasteiger partial charge in [-0.15, -0.1) is 0 Å². The quantitative estimate of drug-likeness (QED) is 0.725. The van der Waals surface area contributed by atoms with E-state index in [0.29, 0.717) is 6.54 Å². The lowest BCUT2D eigenvalue weighted by Crippen LogP contribution is -2.34. The van der Waals surface area contributed by atoms with E-state index in [1.54, 1.807) is 4.90 Å². The fourth-order valence-electron chi connectivity index (χ4n) is 1.35. The smallest absolute Gasteiger partial charge is 0.303 e. The Hall–Kier alpha value is -1.84. The number of hydrogen-bond donors (Lipinski definition) is 0. The van der Waals surface area contributed by atoms with Crippen molar-refractivity contribution in [1.29, 1.82) is 0 Å². The van der Waals surface area contributed by atoms with Crippen molar-refractivity contribution in [3.8, 4) is 0 Å². The van der Waals surface area contributed by atoms with Crippen molar-refractivity contribution >= 4 is 17.6 Å². The third-order valence-electron chi connectivity index (χ3n) is 2.08. The molecule has 1 aromatic carbocycles.